The van der Waals surface area contributed by atoms with E-state index in [0.717, 1.165) is 44.0 Å². The number of benzene rings is 2. The van der Waals surface area contributed by atoms with Gasteiger partial charge < -0.3 is 19.7 Å². The van der Waals surface area contributed by atoms with Crippen LogP contribution in [0.1, 0.15) is 27.0 Å². The Bertz CT molecular complexity index is 1390. The van der Waals surface area contributed by atoms with E-state index in [2.05, 4.69) is 38.9 Å². The third-order valence-electron chi connectivity index (χ3n) is 6.55. The van der Waals surface area contributed by atoms with Gasteiger partial charge in [-0.25, -0.2) is 9.79 Å². The number of likely N-dealkylation sites (N-methyl/N-ethyl adjacent to an activating group) is 1. The van der Waals surface area contributed by atoms with Crippen molar-refractivity contribution in [1.82, 2.24) is 19.8 Å². The largest absolute Gasteiger partial charge is 0.494 e. The van der Waals surface area contributed by atoms with Crippen LogP contribution >= 0.6 is 0 Å². The summed E-state index contributed by atoms with van der Waals surface area (Å²) in [4.78, 5) is 29.2. The van der Waals surface area contributed by atoms with E-state index >= 15 is 0 Å². The molecule has 184 valence electrons. The summed E-state index contributed by atoms with van der Waals surface area (Å²) < 4.78 is 4.89. The summed E-state index contributed by atoms with van der Waals surface area (Å²) >= 11 is 0. The summed E-state index contributed by atoms with van der Waals surface area (Å²) in [5, 5.41) is 11.6. The summed E-state index contributed by atoms with van der Waals surface area (Å²) in [7, 11) is 3.50. The zero-order valence-electron chi connectivity index (χ0n) is 20.4. The number of pyridine rings is 1. The van der Waals surface area contributed by atoms with Gasteiger partial charge in [0.25, 0.3) is 0 Å². The van der Waals surface area contributed by atoms with E-state index in [4.69, 9.17) is 9.73 Å². The molecule has 1 aliphatic heterocycles. The molecule has 0 radical (unpaired) electrons. The zero-order chi connectivity index (χ0) is 25.1. The van der Waals surface area contributed by atoms with Gasteiger partial charge in [0, 0.05) is 61.6 Å². The van der Waals surface area contributed by atoms with E-state index in [0.29, 0.717) is 27.7 Å². The Hall–Kier alpha value is -4.01. The molecule has 2 aromatic carbocycles. The fourth-order valence-electron chi connectivity index (χ4n) is 4.50. The average Bonchev–Trinajstić information content (AvgIpc) is 3.24. The van der Waals surface area contributed by atoms with Gasteiger partial charge in [-0.2, -0.15) is 0 Å². The van der Waals surface area contributed by atoms with Gasteiger partial charge in [-0.15, -0.1) is 0 Å². The highest BCUT2D eigenvalue weighted by Crippen LogP contribution is 2.32. The maximum Gasteiger partial charge on any atom is 0.337 e. The van der Waals surface area contributed by atoms with E-state index in [9.17, 15) is 9.90 Å². The van der Waals surface area contributed by atoms with Crippen molar-refractivity contribution in [2.75, 3.05) is 40.3 Å². The number of rotatable bonds is 6. The van der Waals surface area contributed by atoms with Crippen LogP contribution in [-0.4, -0.2) is 76.9 Å². The molecule has 2 N–H and O–H groups in total. The fourth-order valence-corrected chi connectivity index (χ4v) is 4.50. The van der Waals surface area contributed by atoms with Crippen LogP contribution in [0.5, 0.6) is 5.88 Å². The number of esters is 1. The van der Waals surface area contributed by atoms with Crippen molar-refractivity contribution >= 4 is 28.3 Å². The summed E-state index contributed by atoms with van der Waals surface area (Å²) in [6.45, 7) is 5.21. The number of hydrogen-bond donors (Lipinski definition) is 2. The Labute approximate surface area is 209 Å². The quantitative estimate of drug-likeness (QED) is 0.318. The predicted octanol–water partition coefficient (Wildman–Crippen LogP) is 3.97. The lowest BCUT2D eigenvalue weighted by atomic mass is 10.0. The molecule has 36 heavy (non-hydrogen) atoms. The van der Waals surface area contributed by atoms with Gasteiger partial charge in [-0.3, -0.25) is 9.88 Å². The van der Waals surface area contributed by atoms with Gasteiger partial charge in [-0.05, 0) is 55.1 Å². The highest BCUT2D eigenvalue weighted by molar-refractivity contribution is 6.22. The number of aromatic amines is 1. The average molecular weight is 484 g/mol. The minimum absolute atomic E-state index is 0.0266. The number of piperazine rings is 1. The van der Waals surface area contributed by atoms with E-state index in [-0.39, 0.29) is 5.88 Å². The Morgan fingerprint density at radius 3 is 2.56 bits per heavy atom. The first kappa shape index (κ1) is 23.7. The van der Waals surface area contributed by atoms with Crippen LogP contribution < -0.4 is 0 Å². The summed E-state index contributed by atoms with van der Waals surface area (Å²) in [6, 6.07) is 17.0. The molecule has 0 aliphatic carbocycles. The number of aromatic nitrogens is 2. The molecule has 1 saturated heterocycles. The van der Waals surface area contributed by atoms with Gasteiger partial charge in [0.15, 0.2) is 5.88 Å². The summed E-state index contributed by atoms with van der Waals surface area (Å²) in [6.07, 6.45) is 3.40. The second kappa shape index (κ2) is 10.3. The van der Waals surface area contributed by atoms with Crippen molar-refractivity contribution in [3.8, 4) is 5.88 Å². The van der Waals surface area contributed by atoms with Crippen molar-refractivity contribution in [3.05, 3.63) is 89.2 Å². The standard InChI is InChI=1S/C28H29N5O3/c1-32-12-14-33(15-13-32)18-19-5-8-22(9-6-19)30-26(21-4-3-11-29-17-21)25-23-16-20(28(35)36-2)7-10-24(23)31-27(25)34/h3-11,16-17,31,34H,12-15,18H2,1-2H3. The first-order valence-electron chi connectivity index (χ1n) is 11.9. The van der Waals surface area contributed by atoms with Gasteiger partial charge in [0.2, 0.25) is 0 Å². The van der Waals surface area contributed by atoms with Crippen LogP contribution in [0.4, 0.5) is 5.69 Å². The number of methoxy groups -OCH3 is 1. The number of hydrogen-bond acceptors (Lipinski definition) is 7. The van der Waals surface area contributed by atoms with Crippen molar-refractivity contribution in [2.45, 2.75) is 6.54 Å². The van der Waals surface area contributed by atoms with E-state index < -0.39 is 5.97 Å². The van der Waals surface area contributed by atoms with Crippen LogP contribution in [0.3, 0.4) is 0 Å². The smallest absolute Gasteiger partial charge is 0.337 e. The summed E-state index contributed by atoms with van der Waals surface area (Å²) in [5.41, 5.74) is 4.89. The van der Waals surface area contributed by atoms with E-state index in [1.54, 1.807) is 30.6 Å². The number of H-pyrrole nitrogens is 1. The SMILES string of the molecule is COC(=O)c1ccc2[nH]c(O)c(C(=Nc3ccc(CN4CCN(C)CC4)cc3)c3cccnc3)c2c1. The van der Waals surface area contributed by atoms with Crippen LogP contribution in [0.2, 0.25) is 0 Å². The number of carbonyl (C=O) groups excluding carboxylic acids is 1. The van der Waals surface area contributed by atoms with Crippen molar-refractivity contribution in [1.29, 1.82) is 0 Å². The maximum atomic E-state index is 12.2. The number of nitrogens with one attached hydrogen (secondary N) is 1. The topological polar surface area (TPSA) is 94.0 Å². The van der Waals surface area contributed by atoms with Gasteiger partial charge in [-0.1, -0.05) is 12.1 Å². The first-order valence-corrected chi connectivity index (χ1v) is 11.9. The molecule has 0 atom stereocenters. The number of nitrogens with zero attached hydrogens (tertiary/aromatic N) is 4. The third-order valence-corrected chi connectivity index (χ3v) is 6.55. The monoisotopic (exact) mass is 483 g/mol. The van der Waals surface area contributed by atoms with Crippen molar-refractivity contribution < 1.29 is 14.6 Å². The number of aromatic hydroxyl groups is 1. The molecule has 0 amide bonds. The second-order valence-corrected chi connectivity index (χ2v) is 9.05. The molecule has 1 fully saturated rings. The van der Waals surface area contributed by atoms with E-state index in [1.165, 1.54) is 12.7 Å². The molecule has 8 nitrogen and oxygen atoms in total. The molecule has 2 aromatic heterocycles. The third kappa shape index (κ3) is 5.00. The fraction of sp³-hybridized carbons (Fsp3) is 0.250. The number of aliphatic imine (C=N–C) groups is 1. The van der Waals surface area contributed by atoms with Crippen LogP contribution in [-0.2, 0) is 11.3 Å². The predicted molar refractivity (Wildman–Crippen MR) is 140 cm³/mol. The first-order chi connectivity index (χ1) is 17.5. The van der Waals surface area contributed by atoms with Gasteiger partial charge >= 0.3 is 5.97 Å². The van der Waals surface area contributed by atoms with Gasteiger partial charge in [0.05, 0.1) is 29.6 Å². The lowest BCUT2D eigenvalue weighted by molar-refractivity contribution is 0.0601. The van der Waals surface area contributed by atoms with Crippen LogP contribution in [0, 0.1) is 0 Å². The highest BCUT2D eigenvalue weighted by atomic mass is 16.5. The van der Waals surface area contributed by atoms with Gasteiger partial charge in [0.1, 0.15) is 0 Å². The molecule has 0 spiro atoms. The molecule has 0 bridgehead atoms. The molecular formula is C28H29N5O3. The van der Waals surface area contributed by atoms with E-state index in [1.807, 2.05) is 24.3 Å². The minimum atomic E-state index is -0.445. The second-order valence-electron chi connectivity index (χ2n) is 9.05. The number of fused-ring (bicyclic) bond motifs is 1. The van der Waals surface area contributed by atoms with Crippen molar-refractivity contribution in [3.63, 3.8) is 0 Å². The molecule has 4 aromatic rings. The molecule has 0 saturated carbocycles. The molecule has 3 heterocycles. The Kier molecular flexibility index (Phi) is 6.79. The Morgan fingerprint density at radius 2 is 1.86 bits per heavy atom. The number of ether oxygens (including phenoxy) is 1. The number of carbonyl (C=O) groups is 1. The normalized spacial score (nSPS) is 15.3. The van der Waals surface area contributed by atoms with Crippen molar-refractivity contribution in [2.24, 2.45) is 4.99 Å². The molecule has 8 heteroatoms. The lowest BCUT2D eigenvalue weighted by Crippen LogP contribution is -2.43. The lowest BCUT2D eigenvalue weighted by Gasteiger charge is -2.32. The van der Waals surface area contributed by atoms with Crippen LogP contribution in [0.25, 0.3) is 10.9 Å². The molecular weight excluding hydrogens is 454 g/mol. The summed E-state index contributed by atoms with van der Waals surface area (Å²) in [5.74, 6) is -0.472. The zero-order valence-corrected chi connectivity index (χ0v) is 20.4. The van der Waals surface area contributed by atoms with Crippen LogP contribution in [0.15, 0.2) is 72.0 Å². The molecule has 5 rings (SSSR count). The maximum absolute atomic E-state index is 12.2. The highest BCUT2D eigenvalue weighted by Gasteiger charge is 2.20. The molecule has 0 unspecified atom stereocenters. The minimum Gasteiger partial charge on any atom is -0.494 e. The molecule has 1 aliphatic rings. The Balaban J connectivity index is 1.53. The Morgan fingerprint density at radius 1 is 1.08 bits per heavy atom.